The summed E-state index contributed by atoms with van der Waals surface area (Å²) in [6.45, 7) is 0. The number of fused-ring (bicyclic) bond motifs is 18. The number of benzene rings is 20. The van der Waals surface area contributed by atoms with Gasteiger partial charge in [0.1, 0.15) is 0 Å². The molecule has 4 heterocycles. The lowest BCUT2D eigenvalue weighted by Crippen LogP contribution is -1.93. The molecule has 0 aliphatic carbocycles. The lowest BCUT2D eigenvalue weighted by Gasteiger charge is -2.20. The Morgan fingerprint density at radius 1 is 0.134 bits per heavy atom. The molecule has 0 unspecified atom stereocenters. The van der Waals surface area contributed by atoms with Crippen LogP contribution in [0.5, 0.6) is 0 Å². The summed E-state index contributed by atoms with van der Waals surface area (Å²) in [5.74, 6) is 0. The van der Waals surface area contributed by atoms with Gasteiger partial charge in [-0.3, -0.25) is 0 Å². The summed E-state index contributed by atoms with van der Waals surface area (Å²) < 4.78 is 10.4. The summed E-state index contributed by atoms with van der Waals surface area (Å²) in [6, 6.07) is 143. The van der Waals surface area contributed by atoms with Gasteiger partial charge in [-0.1, -0.05) is 303 Å². The van der Waals surface area contributed by atoms with Crippen molar-refractivity contribution in [3.63, 3.8) is 0 Å². The van der Waals surface area contributed by atoms with E-state index >= 15 is 0 Å². The van der Waals surface area contributed by atoms with E-state index in [9.17, 15) is 0 Å². The third-order valence-electron chi connectivity index (χ3n) is 23.8. The van der Waals surface area contributed by atoms with Crippen molar-refractivity contribution in [3.05, 3.63) is 376 Å². The molecule has 112 heavy (non-hydrogen) atoms. The standard InChI is InChI=1S/C108H62S4/c1-3-24-63(25-4-1)91-59-68(57-65-28-7-8-29-70(65)91)102-80-38-17-34-73(79-42-23-51-101-104(79)89-32-11-15-49-99(89)109-101)93(80)61-94-74(35-18-39-81(94)102)84-55-54-72(108-105(84)90-33-12-16-50-100(90)112-108)66-52-53-71-67(56-66)58-69(60-92(71)64-26-5-2-6-27-64)103-82-40-19-36-75(85-43-21-45-87-77-30-9-13-47-97(77)110-106(85)87)95(82)62-96-76(37-20-41-83(96)103)86-44-22-46-88-78-31-10-14-48-98(78)111-107(86)88/h1-62H. The third-order valence-corrected chi connectivity index (χ3v) is 28.6. The summed E-state index contributed by atoms with van der Waals surface area (Å²) in [7, 11) is 0. The van der Waals surface area contributed by atoms with Gasteiger partial charge in [0.25, 0.3) is 0 Å². The molecular formula is C108H62S4. The molecular weight excluding hydrogens is 1430 g/mol. The Morgan fingerprint density at radius 3 is 1.02 bits per heavy atom. The maximum atomic E-state index is 2.54. The Hall–Kier alpha value is -13.2. The highest BCUT2D eigenvalue weighted by molar-refractivity contribution is 7.27. The van der Waals surface area contributed by atoms with E-state index in [1.54, 1.807) is 0 Å². The zero-order valence-electron chi connectivity index (χ0n) is 60.4. The first-order valence-electron chi connectivity index (χ1n) is 38.4. The maximum absolute atomic E-state index is 2.54. The predicted octanol–water partition coefficient (Wildman–Crippen LogP) is 33.1. The second-order valence-corrected chi connectivity index (χ2v) is 34.1. The molecule has 20 aromatic carbocycles. The maximum Gasteiger partial charge on any atom is 0.0440 e. The molecule has 24 rings (SSSR count). The van der Waals surface area contributed by atoms with E-state index < -0.39 is 0 Å². The van der Waals surface area contributed by atoms with Crippen molar-refractivity contribution in [3.8, 4) is 100 Å². The van der Waals surface area contributed by atoms with Crippen LogP contribution in [-0.4, -0.2) is 0 Å². The van der Waals surface area contributed by atoms with Gasteiger partial charge in [-0.15, -0.1) is 45.3 Å². The fraction of sp³-hybridized carbons (Fsp3) is 0. The SMILES string of the molecule is c1ccc(-c2cc(-c3c4cccc(-c5cccc6sc7ccccc7c56)c4cc4c(-c5ccc(-c6ccc7c(-c8ccccc8)cc(-c8c9cccc(-c%10cccc%11c%10sc%10ccccc%10%11)c9cc9c(-c%10cccc%11c%10sc%10ccccc%10%11)cccc89)cc7c6)c6sc7ccccc7c56)cccc34)cc3ccccc23)cc1. The topological polar surface area (TPSA) is 0 Å². The van der Waals surface area contributed by atoms with Crippen LogP contribution in [0.3, 0.4) is 0 Å². The molecule has 4 aromatic heterocycles. The quantitative estimate of drug-likeness (QED) is 0.126. The van der Waals surface area contributed by atoms with Gasteiger partial charge in [0.05, 0.1) is 0 Å². The minimum Gasteiger partial charge on any atom is -0.135 e. The van der Waals surface area contributed by atoms with E-state index in [-0.39, 0.29) is 0 Å². The normalized spacial score (nSPS) is 12.1. The zero-order chi connectivity index (χ0) is 73.2. The van der Waals surface area contributed by atoms with E-state index in [1.807, 2.05) is 45.3 Å². The summed E-state index contributed by atoms with van der Waals surface area (Å²) in [5, 5.41) is 25.0. The fourth-order valence-corrected chi connectivity index (χ4v) is 23.8. The van der Waals surface area contributed by atoms with E-state index in [2.05, 4.69) is 376 Å². The minimum atomic E-state index is 1.18. The first kappa shape index (κ1) is 63.7. The molecule has 0 spiro atoms. The smallest absolute Gasteiger partial charge is 0.0440 e. The first-order valence-corrected chi connectivity index (χ1v) is 41.7. The minimum absolute atomic E-state index is 1.18. The Morgan fingerprint density at radius 2 is 0.482 bits per heavy atom. The molecule has 4 heteroatoms. The lowest BCUT2D eigenvalue weighted by molar-refractivity contribution is 1.63. The van der Waals surface area contributed by atoms with Crippen LogP contribution in [0, 0.1) is 0 Å². The van der Waals surface area contributed by atoms with Crippen LogP contribution in [0.2, 0.25) is 0 Å². The number of hydrogen-bond donors (Lipinski definition) is 0. The molecule has 24 aromatic rings. The van der Waals surface area contributed by atoms with Gasteiger partial charge in [0, 0.05) is 91.8 Å². The van der Waals surface area contributed by atoms with Gasteiger partial charge in [-0.25, -0.2) is 0 Å². The molecule has 0 saturated heterocycles. The first-order chi connectivity index (χ1) is 55.5. The lowest BCUT2D eigenvalue weighted by atomic mass is 9.83. The second kappa shape index (κ2) is 25.2. The summed E-state index contributed by atoms with van der Waals surface area (Å²) in [4.78, 5) is 0. The predicted molar refractivity (Wildman–Crippen MR) is 492 cm³/mol. The van der Waals surface area contributed by atoms with Crippen molar-refractivity contribution in [1.29, 1.82) is 0 Å². The molecule has 0 fully saturated rings. The van der Waals surface area contributed by atoms with Crippen LogP contribution in [0.1, 0.15) is 0 Å². The average molecular weight is 1490 g/mol. The number of rotatable bonds is 9. The Bertz CT molecular complexity index is 7950. The molecule has 0 amide bonds. The van der Waals surface area contributed by atoms with E-state index in [4.69, 9.17) is 0 Å². The third kappa shape index (κ3) is 9.76. The molecule has 0 radical (unpaired) electrons. The van der Waals surface area contributed by atoms with Crippen molar-refractivity contribution in [2.75, 3.05) is 0 Å². The molecule has 0 saturated carbocycles. The van der Waals surface area contributed by atoms with Gasteiger partial charge in [-0.05, 0) is 226 Å². The highest BCUT2D eigenvalue weighted by Crippen LogP contribution is 2.54. The largest absolute Gasteiger partial charge is 0.135 e. The van der Waals surface area contributed by atoms with Crippen molar-refractivity contribution < 1.29 is 0 Å². The van der Waals surface area contributed by atoms with Crippen LogP contribution >= 0.6 is 45.3 Å². The molecule has 0 N–H and O–H groups in total. The van der Waals surface area contributed by atoms with Gasteiger partial charge in [-0.2, -0.15) is 0 Å². The molecule has 0 aliphatic rings. The molecule has 0 atom stereocenters. The van der Waals surface area contributed by atoms with Gasteiger partial charge in [0.2, 0.25) is 0 Å². The van der Waals surface area contributed by atoms with Crippen LogP contribution in [-0.2, 0) is 0 Å². The van der Waals surface area contributed by atoms with Gasteiger partial charge < -0.3 is 0 Å². The molecule has 0 nitrogen and oxygen atoms in total. The van der Waals surface area contributed by atoms with Crippen molar-refractivity contribution in [2.24, 2.45) is 0 Å². The van der Waals surface area contributed by atoms with Crippen LogP contribution < -0.4 is 0 Å². The zero-order valence-corrected chi connectivity index (χ0v) is 63.7. The van der Waals surface area contributed by atoms with Crippen LogP contribution in [0.4, 0.5) is 0 Å². The monoisotopic (exact) mass is 1490 g/mol. The van der Waals surface area contributed by atoms with Crippen molar-refractivity contribution in [1.82, 2.24) is 0 Å². The number of hydrogen-bond acceptors (Lipinski definition) is 4. The summed E-state index contributed by atoms with van der Waals surface area (Å²) in [6.07, 6.45) is 0. The van der Waals surface area contributed by atoms with E-state index in [0.717, 1.165) is 0 Å². The van der Waals surface area contributed by atoms with E-state index in [1.165, 1.54) is 245 Å². The van der Waals surface area contributed by atoms with Crippen molar-refractivity contribution in [2.45, 2.75) is 0 Å². The molecule has 0 bridgehead atoms. The van der Waals surface area contributed by atoms with Gasteiger partial charge >= 0.3 is 0 Å². The van der Waals surface area contributed by atoms with Gasteiger partial charge in [0.15, 0.2) is 0 Å². The van der Waals surface area contributed by atoms with Crippen LogP contribution in [0.25, 0.3) is 245 Å². The van der Waals surface area contributed by atoms with Crippen LogP contribution in [0.15, 0.2) is 376 Å². The molecule has 518 valence electrons. The number of thiophene rings is 4. The second-order valence-electron chi connectivity index (χ2n) is 29.8. The Labute approximate surface area is 661 Å². The fourth-order valence-electron chi connectivity index (χ4n) is 18.9. The highest BCUT2D eigenvalue weighted by Gasteiger charge is 2.26. The average Bonchev–Trinajstić information content (AvgIpc) is 1.16. The summed E-state index contributed by atoms with van der Waals surface area (Å²) in [5.41, 5.74) is 22.0. The Balaban J connectivity index is 0.745. The van der Waals surface area contributed by atoms with E-state index in [0.29, 0.717) is 0 Å². The summed E-state index contributed by atoms with van der Waals surface area (Å²) >= 11 is 7.60. The van der Waals surface area contributed by atoms with Crippen molar-refractivity contribution >= 4 is 191 Å². The molecule has 0 aliphatic heterocycles. The highest BCUT2D eigenvalue weighted by atomic mass is 32.1. The Kier molecular flexibility index (Phi) is 14.3.